The van der Waals surface area contributed by atoms with Gasteiger partial charge < -0.3 is 10.8 Å². The zero-order chi connectivity index (χ0) is 12.1. The van der Waals surface area contributed by atoms with Gasteiger partial charge in [0.15, 0.2) is 0 Å². The van der Waals surface area contributed by atoms with Gasteiger partial charge in [0.25, 0.3) is 10.2 Å². The largest absolute Gasteiger partial charge is 0.480 e. The highest BCUT2D eigenvalue weighted by molar-refractivity contribution is 7.87. The molecule has 0 aliphatic carbocycles. The van der Waals surface area contributed by atoms with Gasteiger partial charge in [-0.05, 0) is 6.42 Å². The van der Waals surface area contributed by atoms with Crippen LogP contribution in [0.5, 0.6) is 0 Å². The van der Waals surface area contributed by atoms with E-state index in [1.807, 2.05) is 9.44 Å². The lowest BCUT2D eigenvalue weighted by Crippen LogP contribution is -2.45. The molecule has 0 aliphatic rings. The van der Waals surface area contributed by atoms with Crippen molar-refractivity contribution in [2.75, 3.05) is 7.05 Å². The van der Waals surface area contributed by atoms with Gasteiger partial charge >= 0.3 is 5.97 Å². The second-order valence-corrected chi connectivity index (χ2v) is 4.37. The van der Waals surface area contributed by atoms with E-state index in [0.29, 0.717) is 0 Å². The lowest BCUT2D eigenvalue weighted by atomic mass is 10.2. The van der Waals surface area contributed by atoms with E-state index in [2.05, 4.69) is 0 Å². The Morgan fingerprint density at radius 3 is 2.33 bits per heavy atom. The molecule has 0 aromatic heterocycles. The summed E-state index contributed by atoms with van der Waals surface area (Å²) in [4.78, 5) is 21.0. The second kappa shape index (κ2) is 5.63. The normalized spacial score (nSPS) is 13.4. The van der Waals surface area contributed by atoms with E-state index in [0.717, 1.165) is 7.05 Å². The molecule has 8 nitrogen and oxygen atoms in total. The predicted octanol–water partition coefficient (Wildman–Crippen LogP) is -2.24. The highest BCUT2D eigenvalue weighted by Crippen LogP contribution is 1.98. The molecule has 0 unspecified atom stereocenters. The minimum Gasteiger partial charge on any atom is -0.480 e. The first-order valence-electron chi connectivity index (χ1n) is 4.00. The third-order valence-electron chi connectivity index (χ3n) is 1.54. The Kier molecular flexibility index (Phi) is 5.19. The van der Waals surface area contributed by atoms with Crippen molar-refractivity contribution in [3.8, 4) is 0 Å². The Bertz CT molecular complexity index is 339. The second-order valence-electron chi connectivity index (χ2n) is 2.72. The van der Waals surface area contributed by atoms with E-state index in [9.17, 15) is 18.0 Å². The summed E-state index contributed by atoms with van der Waals surface area (Å²) in [6, 6.07) is -1.37. The van der Waals surface area contributed by atoms with E-state index in [4.69, 9.17) is 10.8 Å². The zero-order valence-corrected chi connectivity index (χ0v) is 8.87. The summed E-state index contributed by atoms with van der Waals surface area (Å²) in [5, 5.41) is 8.64. The fourth-order valence-corrected chi connectivity index (χ4v) is 1.48. The first-order valence-corrected chi connectivity index (χ1v) is 5.48. The first kappa shape index (κ1) is 13.8. The SMILES string of the molecule is CNS(=O)(=O)N[C@@H](CCC(N)=O)C(=O)O. The van der Waals surface area contributed by atoms with Crippen molar-refractivity contribution in [3.63, 3.8) is 0 Å². The Labute approximate surface area is 87.0 Å². The predicted molar refractivity (Wildman–Crippen MR) is 51.0 cm³/mol. The summed E-state index contributed by atoms with van der Waals surface area (Å²) in [6.07, 6.45) is -0.394. The van der Waals surface area contributed by atoms with Gasteiger partial charge in [0.05, 0.1) is 0 Å². The molecule has 9 heteroatoms. The molecular weight excluding hydrogens is 226 g/mol. The lowest BCUT2D eigenvalue weighted by molar-refractivity contribution is -0.139. The molecule has 1 atom stereocenters. The topological polar surface area (TPSA) is 139 Å². The van der Waals surface area contributed by atoms with Gasteiger partial charge in [-0.25, -0.2) is 4.72 Å². The number of carbonyl (C=O) groups is 2. The maximum Gasteiger partial charge on any atom is 0.321 e. The quantitative estimate of drug-likeness (QED) is 0.398. The summed E-state index contributed by atoms with van der Waals surface area (Å²) < 4.78 is 25.7. The molecule has 0 radical (unpaired) electrons. The molecule has 5 N–H and O–H groups in total. The van der Waals surface area contributed by atoms with Crippen molar-refractivity contribution in [2.24, 2.45) is 5.73 Å². The molecule has 0 bridgehead atoms. The van der Waals surface area contributed by atoms with Crippen LogP contribution >= 0.6 is 0 Å². The van der Waals surface area contributed by atoms with Gasteiger partial charge in [-0.15, -0.1) is 0 Å². The first-order chi connectivity index (χ1) is 6.78. The summed E-state index contributed by atoms with van der Waals surface area (Å²) in [7, 11) is -2.71. The molecule has 88 valence electrons. The Hall–Kier alpha value is -1.19. The van der Waals surface area contributed by atoms with Crippen LogP contribution in [0.2, 0.25) is 0 Å². The fraction of sp³-hybridized carbons (Fsp3) is 0.667. The van der Waals surface area contributed by atoms with E-state index < -0.39 is 28.1 Å². The number of amides is 1. The molecule has 0 aromatic rings. The number of hydrogen-bond donors (Lipinski definition) is 4. The lowest BCUT2D eigenvalue weighted by Gasteiger charge is -2.12. The van der Waals surface area contributed by atoms with E-state index in [-0.39, 0.29) is 12.8 Å². The number of nitrogens with one attached hydrogen (secondary N) is 2. The van der Waals surface area contributed by atoms with Crippen LogP contribution in [0.25, 0.3) is 0 Å². The molecule has 0 heterocycles. The number of carboxylic acid groups (broad SMARTS) is 1. The van der Waals surface area contributed by atoms with Crippen molar-refractivity contribution in [1.82, 2.24) is 9.44 Å². The van der Waals surface area contributed by atoms with E-state index >= 15 is 0 Å². The molecule has 0 saturated carbocycles. The summed E-state index contributed by atoms with van der Waals surface area (Å²) >= 11 is 0. The molecule has 0 aliphatic heterocycles. The van der Waals surface area contributed by atoms with Crippen LogP contribution in [-0.2, 0) is 19.8 Å². The van der Waals surface area contributed by atoms with Crippen molar-refractivity contribution < 1.29 is 23.1 Å². The molecule has 0 rings (SSSR count). The van der Waals surface area contributed by atoms with Crippen LogP contribution in [0.4, 0.5) is 0 Å². The van der Waals surface area contributed by atoms with Crippen LogP contribution in [0.1, 0.15) is 12.8 Å². The Morgan fingerprint density at radius 1 is 1.47 bits per heavy atom. The number of carbonyl (C=O) groups excluding carboxylic acids is 1. The minimum atomic E-state index is -3.84. The van der Waals surface area contributed by atoms with Crippen molar-refractivity contribution >= 4 is 22.1 Å². The summed E-state index contributed by atoms with van der Waals surface area (Å²) in [6.45, 7) is 0. The van der Waals surface area contributed by atoms with Crippen LogP contribution in [0.3, 0.4) is 0 Å². The average Bonchev–Trinajstić information content (AvgIpc) is 2.11. The fourth-order valence-electron chi connectivity index (χ4n) is 0.766. The number of nitrogens with two attached hydrogens (primary N) is 1. The number of hydrogen-bond acceptors (Lipinski definition) is 4. The van der Waals surface area contributed by atoms with Gasteiger partial charge in [-0.2, -0.15) is 13.1 Å². The van der Waals surface area contributed by atoms with Crippen molar-refractivity contribution in [2.45, 2.75) is 18.9 Å². The van der Waals surface area contributed by atoms with Gasteiger partial charge in [-0.1, -0.05) is 0 Å². The highest BCUT2D eigenvalue weighted by Gasteiger charge is 2.23. The van der Waals surface area contributed by atoms with Gasteiger partial charge in [0, 0.05) is 13.5 Å². The average molecular weight is 239 g/mol. The molecule has 1 amide bonds. The molecule has 0 saturated heterocycles. The molecule has 0 aromatic carbocycles. The monoisotopic (exact) mass is 239 g/mol. The molecule has 15 heavy (non-hydrogen) atoms. The van der Waals surface area contributed by atoms with Crippen LogP contribution < -0.4 is 15.2 Å². The van der Waals surface area contributed by atoms with Crippen LogP contribution in [0.15, 0.2) is 0 Å². The number of carboxylic acids is 1. The van der Waals surface area contributed by atoms with Gasteiger partial charge in [-0.3, -0.25) is 9.59 Å². The maximum absolute atomic E-state index is 11.0. The molecule has 0 fully saturated rings. The third kappa shape index (κ3) is 5.99. The minimum absolute atomic E-state index is 0.189. The van der Waals surface area contributed by atoms with Crippen molar-refractivity contribution in [3.05, 3.63) is 0 Å². The van der Waals surface area contributed by atoms with Crippen molar-refractivity contribution in [1.29, 1.82) is 0 Å². The standard InChI is InChI=1S/C6H13N3O5S/c1-8-15(13,14)9-4(6(11)12)2-3-5(7)10/h4,8-9H,2-3H2,1H3,(H2,7,10)(H,11,12)/t4-/m0/s1. The third-order valence-corrected chi connectivity index (χ3v) is 2.68. The summed E-state index contributed by atoms with van der Waals surface area (Å²) in [5.41, 5.74) is 4.81. The zero-order valence-electron chi connectivity index (χ0n) is 8.06. The Morgan fingerprint density at radius 2 is 2.00 bits per heavy atom. The summed E-state index contributed by atoms with van der Waals surface area (Å²) in [5.74, 6) is -2.06. The maximum atomic E-state index is 11.0. The van der Waals surface area contributed by atoms with E-state index in [1.54, 1.807) is 0 Å². The smallest absolute Gasteiger partial charge is 0.321 e. The number of aliphatic carboxylic acids is 1. The van der Waals surface area contributed by atoms with Gasteiger partial charge in [0.1, 0.15) is 6.04 Å². The number of rotatable bonds is 7. The van der Waals surface area contributed by atoms with Gasteiger partial charge in [0.2, 0.25) is 5.91 Å². The number of primary amides is 1. The van der Waals surface area contributed by atoms with E-state index in [1.165, 1.54) is 0 Å². The molecular formula is C6H13N3O5S. The Balaban J connectivity index is 4.42. The highest BCUT2D eigenvalue weighted by atomic mass is 32.2. The van der Waals surface area contributed by atoms with Crippen LogP contribution in [0, 0.1) is 0 Å². The molecule has 0 spiro atoms. The van der Waals surface area contributed by atoms with Crippen LogP contribution in [-0.4, -0.2) is 38.5 Å².